The summed E-state index contributed by atoms with van der Waals surface area (Å²) >= 11 is 0. The average Bonchev–Trinajstić information content (AvgIpc) is 1.89. The number of hydrogen-bond acceptors (Lipinski definition) is 2. The van der Waals surface area contributed by atoms with Crippen molar-refractivity contribution in [1.29, 1.82) is 5.26 Å². The van der Waals surface area contributed by atoms with Gasteiger partial charge in [0.1, 0.15) is 6.07 Å². The van der Waals surface area contributed by atoms with Crippen molar-refractivity contribution >= 4 is 0 Å². The third-order valence-corrected chi connectivity index (χ3v) is 1.12. The van der Waals surface area contributed by atoms with Crippen LogP contribution in [0.15, 0.2) is 12.2 Å². The summed E-state index contributed by atoms with van der Waals surface area (Å²) in [7, 11) is 0. The van der Waals surface area contributed by atoms with E-state index in [-0.39, 0.29) is 0 Å². The first-order valence-corrected chi connectivity index (χ1v) is 3.43. The van der Waals surface area contributed by atoms with Gasteiger partial charge in [-0.1, -0.05) is 19.4 Å². The van der Waals surface area contributed by atoms with E-state index in [9.17, 15) is 0 Å². The van der Waals surface area contributed by atoms with Crippen LogP contribution in [0.25, 0.3) is 0 Å². The Kier molecular flexibility index (Phi) is 3.75. The first kappa shape index (κ1) is 9.19. The van der Waals surface area contributed by atoms with E-state index in [2.05, 4.69) is 0 Å². The normalized spacial score (nSPS) is 16.6. The minimum atomic E-state index is -1.28. The molecule has 0 aliphatic heterocycles. The fourth-order valence-corrected chi connectivity index (χ4v) is 0.517. The van der Waals surface area contributed by atoms with E-state index in [1.165, 1.54) is 13.0 Å². The summed E-state index contributed by atoms with van der Waals surface area (Å²) in [5.74, 6) is 0. The lowest BCUT2D eigenvalue weighted by Gasteiger charge is -2.05. The molecule has 0 aromatic rings. The molecule has 1 N–H and O–H groups in total. The molecule has 0 radical (unpaired) electrons. The van der Waals surface area contributed by atoms with Gasteiger partial charge in [0.25, 0.3) is 0 Å². The van der Waals surface area contributed by atoms with Crippen LogP contribution in [0.2, 0.25) is 0 Å². The van der Waals surface area contributed by atoms with E-state index in [4.69, 9.17) is 10.4 Å². The number of nitrogens with zero attached hydrogens (tertiary/aromatic N) is 1. The van der Waals surface area contributed by atoms with E-state index in [1.807, 2.05) is 13.0 Å². The lowest BCUT2D eigenvalue weighted by Crippen LogP contribution is -2.16. The predicted octanol–water partition coefficient (Wildman–Crippen LogP) is 1.62. The molecule has 10 heavy (non-hydrogen) atoms. The molecule has 1 unspecified atom stereocenters. The van der Waals surface area contributed by atoms with E-state index in [0.717, 1.165) is 12.8 Å². The van der Waals surface area contributed by atoms with Crippen LogP contribution in [0.5, 0.6) is 0 Å². The van der Waals surface area contributed by atoms with Crippen LogP contribution in [0.1, 0.15) is 26.7 Å². The molecule has 0 amide bonds. The van der Waals surface area contributed by atoms with Gasteiger partial charge >= 0.3 is 0 Å². The lowest BCUT2D eigenvalue weighted by molar-refractivity contribution is 0.171. The zero-order valence-corrected chi connectivity index (χ0v) is 6.46. The van der Waals surface area contributed by atoms with Crippen LogP contribution in [0.3, 0.4) is 0 Å². The topological polar surface area (TPSA) is 44.0 Å². The Morgan fingerprint density at radius 3 is 2.70 bits per heavy atom. The molecule has 0 aromatic carbocycles. The van der Waals surface area contributed by atoms with Gasteiger partial charge in [-0.15, -0.1) is 0 Å². The van der Waals surface area contributed by atoms with Crippen molar-refractivity contribution in [2.75, 3.05) is 0 Å². The zero-order valence-electron chi connectivity index (χ0n) is 6.46. The molecule has 0 spiro atoms. The lowest BCUT2D eigenvalue weighted by atomic mass is 10.1. The van der Waals surface area contributed by atoms with Gasteiger partial charge in [0.15, 0.2) is 5.60 Å². The Hall–Kier alpha value is -0.810. The molecule has 0 saturated carbocycles. The number of rotatable bonds is 3. The molecule has 0 fully saturated rings. The second kappa shape index (κ2) is 4.08. The highest BCUT2D eigenvalue weighted by molar-refractivity contribution is 5.11. The summed E-state index contributed by atoms with van der Waals surface area (Å²) < 4.78 is 0. The maximum atomic E-state index is 9.10. The van der Waals surface area contributed by atoms with Gasteiger partial charge in [-0.25, -0.2) is 0 Å². The maximum Gasteiger partial charge on any atom is 0.166 e. The first-order chi connectivity index (χ1) is 4.62. The van der Waals surface area contributed by atoms with Crippen LogP contribution in [-0.2, 0) is 0 Å². The van der Waals surface area contributed by atoms with E-state index < -0.39 is 5.60 Å². The summed E-state index contributed by atoms with van der Waals surface area (Å²) in [6.07, 6.45) is 5.30. The van der Waals surface area contributed by atoms with Gasteiger partial charge in [-0.05, 0) is 19.4 Å². The van der Waals surface area contributed by atoms with Gasteiger partial charge in [0, 0.05) is 0 Å². The maximum absolute atomic E-state index is 9.10. The van der Waals surface area contributed by atoms with Crippen molar-refractivity contribution in [2.45, 2.75) is 32.3 Å². The van der Waals surface area contributed by atoms with Crippen LogP contribution in [0.4, 0.5) is 0 Å². The van der Waals surface area contributed by atoms with Crippen LogP contribution in [-0.4, -0.2) is 10.7 Å². The number of aliphatic hydroxyl groups is 1. The molecule has 56 valence electrons. The number of allylic oxidation sites excluding steroid dienone is 1. The fraction of sp³-hybridized carbons (Fsp3) is 0.625. The third-order valence-electron chi connectivity index (χ3n) is 1.12. The molecule has 0 aromatic heterocycles. The van der Waals surface area contributed by atoms with Crippen molar-refractivity contribution in [3.8, 4) is 6.07 Å². The van der Waals surface area contributed by atoms with E-state index in [1.54, 1.807) is 6.07 Å². The van der Waals surface area contributed by atoms with E-state index >= 15 is 0 Å². The summed E-state index contributed by atoms with van der Waals surface area (Å²) in [5.41, 5.74) is -1.28. The van der Waals surface area contributed by atoms with E-state index in [0.29, 0.717) is 0 Å². The van der Waals surface area contributed by atoms with Crippen molar-refractivity contribution in [1.82, 2.24) is 0 Å². The standard InChI is InChI=1S/C8H13NO/c1-3-4-5-6-8(2,10)7-9/h5-6,10H,3-4H2,1-2H3/b6-5+. The van der Waals surface area contributed by atoms with Crippen LogP contribution in [0, 0.1) is 11.3 Å². The molecule has 1 atom stereocenters. The SMILES string of the molecule is CCC/C=C/C(C)(O)C#N. The molecule has 2 heteroatoms. The smallest absolute Gasteiger partial charge is 0.166 e. The average molecular weight is 139 g/mol. The molecule has 2 nitrogen and oxygen atoms in total. The minimum absolute atomic E-state index is 0.915. The molecule has 0 rings (SSSR count). The Bertz CT molecular complexity index is 153. The molecular weight excluding hydrogens is 126 g/mol. The first-order valence-electron chi connectivity index (χ1n) is 3.43. The second-order valence-electron chi connectivity index (χ2n) is 2.45. The Morgan fingerprint density at radius 1 is 1.70 bits per heavy atom. The van der Waals surface area contributed by atoms with Crippen molar-refractivity contribution in [3.05, 3.63) is 12.2 Å². The van der Waals surface area contributed by atoms with Crippen LogP contribution >= 0.6 is 0 Å². The highest BCUT2D eigenvalue weighted by atomic mass is 16.3. The van der Waals surface area contributed by atoms with Crippen molar-refractivity contribution < 1.29 is 5.11 Å². The van der Waals surface area contributed by atoms with Crippen molar-refractivity contribution in [2.24, 2.45) is 0 Å². The third kappa shape index (κ3) is 4.11. The predicted molar refractivity (Wildman–Crippen MR) is 40.3 cm³/mol. The monoisotopic (exact) mass is 139 g/mol. The van der Waals surface area contributed by atoms with Gasteiger partial charge in [0.05, 0.1) is 0 Å². The minimum Gasteiger partial charge on any atom is -0.372 e. The fourth-order valence-electron chi connectivity index (χ4n) is 0.517. The zero-order chi connectivity index (χ0) is 8.04. The summed E-state index contributed by atoms with van der Waals surface area (Å²) in [5, 5.41) is 17.4. The number of unbranched alkanes of at least 4 members (excludes halogenated alkanes) is 1. The summed E-state index contributed by atoms with van der Waals surface area (Å²) in [4.78, 5) is 0. The highest BCUT2D eigenvalue weighted by Gasteiger charge is 2.12. The van der Waals surface area contributed by atoms with Crippen LogP contribution < -0.4 is 0 Å². The summed E-state index contributed by atoms with van der Waals surface area (Å²) in [6, 6.07) is 1.77. The molecule has 0 saturated heterocycles. The molecule has 0 bridgehead atoms. The Balaban J connectivity index is 3.78. The highest BCUT2D eigenvalue weighted by Crippen LogP contribution is 2.03. The Labute approximate surface area is 61.8 Å². The van der Waals surface area contributed by atoms with Gasteiger partial charge in [0.2, 0.25) is 0 Å². The number of hydrogen-bond donors (Lipinski definition) is 1. The largest absolute Gasteiger partial charge is 0.372 e. The number of nitriles is 1. The van der Waals surface area contributed by atoms with Gasteiger partial charge in [-0.3, -0.25) is 0 Å². The summed E-state index contributed by atoms with van der Waals surface area (Å²) in [6.45, 7) is 3.52. The quantitative estimate of drug-likeness (QED) is 0.477. The Morgan fingerprint density at radius 2 is 2.30 bits per heavy atom. The molecule has 0 aliphatic rings. The molecule has 0 aliphatic carbocycles. The molecular formula is C8H13NO. The van der Waals surface area contributed by atoms with Gasteiger partial charge < -0.3 is 5.11 Å². The molecule has 0 heterocycles. The van der Waals surface area contributed by atoms with Crippen molar-refractivity contribution in [3.63, 3.8) is 0 Å². The van der Waals surface area contributed by atoms with Gasteiger partial charge in [-0.2, -0.15) is 5.26 Å². The second-order valence-corrected chi connectivity index (χ2v) is 2.45.